The summed E-state index contributed by atoms with van der Waals surface area (Å²) < 4.78 is 21.7. The summed E-state index contributed by atoms with van der Waals surface area (Å²) in [6.07, 6.45) is 2.25. The number of benzene rings is 1. The van der Waals surface area contributed by atoms with Gasteiger partial charge >= 0.3 is 0 Å². The first-order valence-corrected chi connectivity index (χ1v) is 7.75. The van der Waals surface area contributed by atoms with E-state index in [9.17, 15) is 0 Å². The second kappa shape index (κ2) is 12.1. The van der Waals surface area contributed by atoms with Crippen LogP contribution in [0, 0.1) is 0 Å². The molecule has 0 unspecified atom stereocenters. The van der Waals surface area contributed by atoms with Crippen molar-refractivity contribution in [2.45, 2.75) is 19.8 Å². The Labute approximate surface area is 132 Å². The number of nitrogens with two attached hydrogens (primary N) is 2. The quantitative estimate of drug-likeness (QED) is 0.428. The molecule has 0 saturated heterocycles. The maximum Gasteiger partial charge on any atom is 0.142 e. The molecule has 0 aliphatic carbocycles. The Balaban J connectivity index is 1.89. The van der Waals surface area contributed by atoms with Gasteiger partial charge in [-0.15, -0.1) is 0 Å². The summed E-state index contributed by atoms with van der Waals surface area (Å²) >= 11 is 0. The van der Waals surface area contributed by atoms with Crippen LogP contribution in [0.2, 0.25) is 0 Å². The molecule has 0 atom stereocenters. The Morgan fingerprint density at radius 3 is 2.00 bits per heavy atom. The molecule has 1 aromatic rings. The molecule has 6 nitrogen and oxygen atoms in total. The van der Waals surface area contributed by atoms with Gasteiger partial charge in [0.25, 0.3) is 0 Å². The molecular weight excluding hydrogens is 284 g/mol. The van der Waals surface area contributed by atoms with Gasteiger partial charge in [0.2, 0.25) is 0 Å². The summed E-state index contributed by atoms with van der Waals surface area (Å²) in [4.78, 5) is 0. The molecule has 0 aliphatic rings. The minimum atomic E-state index is 0.439. The predicted octanol–water partition coefficient (Wildman–Crippen LogP) is 2.08. The van der Waals surface area contributed by atoms with E-state index < -0.39 is 0 Å². The number of rotatable bonds is 13. The van der Waals surface area contributed by atoms with Crippen LogP contribution >= 0.6 is 0 Å². The van der Waals surface area contributed by atoms with E-state index in [0.717, 1.165) is 19.4 Å². The summed E-state index contributed by atoms with van der Waals surface area (Å²) in [6, 6.07) is 5.18. The van der Waals surface area contributed by atoms with Gasteiger partial charge in [0.1, 0.15) is 12.4 Å². The molecular formula is C16H28N2O4. The van der Waals surface area contributed by atoms with E-state index in [4.69, 9.17) is 30.4 Å². The van der Waals surface area contributed by atoms with E-state index in [0.29, 0.717) is 56.8 Å². The maximum atomic E-state index is 5.78. The minimum Gasteiger partial charge on any atom is -0.489 e. The monoisotopic (exact) mass is 312 g/mol. The fraction of sp³-hybridized carbons (Fsp3) is 0.625. The summed E-state index contributed by atoms with van der Waals surface area (Å²) in [7, 11) is 0. The molecule has 22 heavy (non-hydrogen) atoms. The Kier molecular flexibility index (Phi) is 10.2. The highest BCUT2D eigenvalue weighted by Gasteiger charge is 2.00. The smallest absolute Gasteiger partial charge is 0.142 e. The zero-order chi connectivity index (χ0) is 16.0. The van der Waals surface area contributed by atoms with E-state index in [1.807, 2.05) is 0 Å². The highest BCUT2D eigenvalue weighted by atomic mass is 16.6. The SMILES string of the molecule is CCCCOCCOCCOCCOc1ccc(N)cc1N. The van der Waals surface area contributed by atoms with Crippen molar-refractivity contribution in [2.24, 2.45) is 0 Å². The van der Waals surface area contributed by atoms with Gasteiger partial charge in [0.05, 0.1) is 38.7 Å². The normalized spacial score (nSPS) is 10.8. The number of hydrogen-bond donors (Lipinski definition) is 2. The number of anilines is 2. The molecule has 0 amide bonds. The molecule has 4 N–H and O–H groups in total. The van der Waals surface area contributed by atoms with Crippen LogP contribution in [0.15, 0.2) is 18.2 Å². The van der Waals surface area contributed by atoms with Crippen molar-refractivity contribution in [3.8, 4) is 5.75 Å². The second-order valence-corrected chi connectivity index (χ2v) is 4.84. The first kappa shape index (κ1) is 18.5. The van der Waals surface area contributed by atoms with Gasteiger partial charge < -0.3 is 30.4 Å². The Hall–Kier alpha value is -1.50. The van der Waals surface area contributed by atoms with Crippen molar-refractivity contribution < 1.29 is 18.9 Å². The van der Waals surface area contributed by atoms with E-state index in [2.05, 4.69) is 6.92 Å². The third-order valence-corrected chi connectivity index (χ3v) is 2.91. The van der Waals surface area contributed by atoms with Crippen LogP contribution < -0.4 is 16.2 Å². The standard InChI is InChI=1S/C16H28N2O4/c1-2-3-6-19-7-8-20-9-10-21-11-12-22-16-5-4-14(17)13-15(16)18/h4-5,13H,2-3,6-12,17-18H2,1H3. The average Bonchev–Trinajstić information content (AvgIpc) is 2.50. The van der Waals surface area contributed by atoms with Gasteiger partial charge in [-0.05, 0) is 24.6 Å². The van der Waals surface area contributed by atoms with Gasteiger partial charge in [-0.25, -0.2) is 0 Å². The molecule has 1 aromatic carbocycles. The molecule has 0 radical (unpaired) electrons. The van der Waals surface area contributed by atoms with E-state index in [1.165, 1.54) is 0 Å². The molecule has 0 heterocycles. The van der Waals surface area contributed by atoms with E-state index in [1.54, 1.807) is 18.2 Å². The van der Waals surface area contributed by atoms with Crippen molar-refractivity contribution in [1.82, 2.24) is 0 Å². The van der Waals surface area contributed by atoms with Crippen LogP contribution in [0.1, 0.15) is 19.8 Å². The number of unbranched alkanes of at least 4 members (excludes halogenated alkanes) is 1. The highest BCUT2D eigenvalue weighted by molar-refractivity contribution is 5.60. The predicted molar refractivity (Wildman–Crippen MR) is 88.1 cm³/mol. The van der Waals surface area contributed by atoms with E-state index >= 15 is 0 Å². The number of ether oxygens (including phenoxy) is 4. The molecule has 0 spiro atoms. The van der Waals surface area contributed by atoms with Crippen LogP contribution in [-0.4, -0.2) is 46.2 Å². The second-order valence-electron chi connectivity index (χ2n) is 4.84. The Bertz CT molecular complexity index is 402. The highest BCUT2D eigenvalue weighted by Crippen LogP contribution is 2.23. The first-order valence-electron chi connectivity index (χ1n) is 7.75. The van der Waals surface area contributed by atoms with Gasteiger partial charge in [-0.1, -0.05) is 13.3 Å². The third kappa shape index (κ3) is 8.71. The number of nitrogen functional groups attached to an aromatic ring is 2. The largest absolute Gasteiger partial charge is 0.489 e. The van der Waals surface area contributed by atoms with Gasteiger partial charge in [-0.2, -0.15) is 0 Å². The van der Waals surface area contributed by atoms with Crippen molar-refractivity contribution in [2.75, 3.05) is 57.7 Å². The molecule has 0 bridgehead atoms. The van der Waals surface area contributed by atoms with Crippen molar-refractivity contribution >= 4 is 11.4 Å². The van der Waals surface area contributed by atoms with Crippen molar-refractivity contribution in [1.29, 1.82) is 0 Å². The summed E-state index contributed by atoms with van der Waals surface area (Å²) in [6.45, 7) is 6.21. The zero-order valence-electron chi connectivity index (χ0n) is 13.4. The first-order chi connectivity index (χ1) is 10.7. The topological polar surface area (TPSA) is 89.0 Å². The van der Waals surface area contributed by atoms with Crippen LogP contribution in [-0.2, 0) is 14.2 Å². The lowest BCUT2D eigenvalue weighted by Crippen LogP contribution is -2.13. The molecule has 126 valence electrons. The summed E-state index contributed by atoms with van der Waals surface area (Å²) in [5, 5.41) is 0. The van der Waals surface area contributed by atoms with E-state index in [-0.39, 0.29) is 0 Å². The van der Waals surface area contributed by atoms with Gasteiger partial charge in [0, 0.05) is 12.3 Å². The van der Waals surface area contributed by atoms with Crippen LogP contribution in [0.3, 0.4) is 0 Å². The van der Waals surface area contributed by atoms with Gasteiger partial charge in [0.15, 0.2) is 0 Å². The molecule has 0 aliphatic heterocycles. The van der Waals surface area contributed by atoms with Crippen LogP contribution in [0.25, 0.3) is 0 Å². The zero-order valence-corrected chi connectivity index (χ0v) is 13.4. The molecule has 0 fully saturated rings. The molecule has 6 heteroatoms. The lowest BCUT2D eigenvalue weighted by Gasteiger charge is -2.10. The maximum absolute atomic E-state index is 5.78. The Morgan fingerprint density at radius 2 is 1.41 bits per heavy atom. The molecule has 0 saturated carbocycles. The van der Waals surface area contributed by atoms with Gasteiger partial charge in [-0.3, -0.25) is 0 Å². The molecule has 0 aromatic heterocycles. The fourth-order valence-corrected chi connectivity index (χ4v) is 1.70. The summed E-state index contributed by atoms with van der Waals surface area (Å²) in [5.74, 6) is 0.623. The fourth-order valence-electron chi connectivity index (χ4n) is 1.70. The van der Waals surface area contributed by atoms with Crippen LogP contribution in [0.5, 0.6) is 5.75 Å². The number of hydrogen-bond acceptors (Lipinski definition) is 6. The van der Waals surface area contributed by atoms with Crippen LogP contribution in [0.4, 0.5) is 11.4 Å². The molecule has 1 rings (SSSR count). The average molecular weight is 312 g/mol. The lowest BCUT2D eigenvalue weighted by molar-refractivity contribution is 0.00899. The summed E-state index contributed by atoms with van der Waals surface area (Å²) in [5.41, 5.74) is 12.6. The van der Waals surface area contributed by atoms with Crippen molar-refractivity contribution in [3.05, 3.63) is 18.2 Å². The van der Waals surface area contributed by atoms with Crippen molar-refractivity contribution in [3.63, 3.8) is 0 Å². The minimum absolute atomic E-state index is 0.439. The Morgan fingerprint density at radius 1 is 0.818 bits per heavy atom. The lowest BCUT2D eigenvalue weighted by atomic mass is 10.2. The third-order valence-electron chi connectivity index (χ3n) is 2.91.